The van der Waals surface area contributed by atoms with E-state index in [2.05, 4.69) is 240 Å². The number of allylic oxidation sites excluding steroid dienone is 3. The SMILES string of the molecule is C1=C(N(c2ccccc2)c2ccccc2)C=C(c2ccccc2)C23Pc4cccc(-c5ccccc5)c4C12Pc1cccc(N(c2ccccc2)c2ccccc2)c13. The summed E-state index contributed by atoms with van der Waals surface area (Å²) in [5.41, 5.74) is 15.1. The fourth-order valence-corrected chi connectivity index (χ4v) is 14.6. The van der Waals surface area contributed by atoms with E-state index in [9.17, 15) is 0 Å². The second-order valence-electron chi connectivity index (χ2n) is 15.1. The maximum Gasteiger partial charge on any atom is 0.0619 e. The average molecular weight is 779 g/mol. The zero-order valence-electron chi connectivity index (χ0n) is 31.8. The van der Waals surface area contributed by atoms with Gasteiger partial charge < -0.3 is 9.80 Å². The zero-order chi connectivity index (χ0) is 38.5. The lowest BCUT2D eigenvalue weighted by Crippen LogP contribution is -2.41. The summed E-state index contributed by atoms with van der Waals surface area (Å²) in [4.78, 5) is 4.98. The summed E-state index contributed by atoms with van der Waals surface area (Å²) in [6, 6.07) is 80.2. The van der Waals surface area contributed by atoms with Gasteiger partial charge in [-0.3, -0.25) is 0 Å². The smallest absolute Gasteiger partial charge is 0.0619 e. The molecule has 0 saturated carbocycles. The van der Waals surface area contributed by atoms with Crippen molar-refractivity contribution in [3.63, 3.8) is 0 Å². The monoisotopic (exact) mass is 778 g/mol. The Bertz CT molecular complexity index is 2750. The lowest BCUT2D eigenvalue weighted by molar-refractivity contribution is 0.651. The lowest BCUT2D eigenvalue weighted by atomic mass is 9.69. The van der Waals surface area contributed by atoms with Crippen LogP contribution in [0, 0.1) is 0 Å². The number of benzene rings is 8. The van der Waals surface area contributed by atoms with Gasteiger partial charge >= 0.3 is 0 Å². The van der Waals surface area contributed by atoms with Crippen LogP contribution in [0.25, 0.3) is 16.7 Å². The minimum absolute atomic E-state index is 0.387. The average Bonchev–Trinajstić information content (AvgIpc) is 3.76. The molecule has 58 heavy (non-hydrogen) atoms. The fraction of sp³-hybridized carbons (Fsp3) is 0.0370. The molecule has 3 aliphatic rings. The van der Waals surface area contributed by atoms with Crippen molar-refractivity contribution < 1.29 is 0 Å². The normalized spacial score (nSPS) is 19.4. The minimum atomic E-state index is -0.393. The Morgan fingerprint density at radius 3 is 1.34 bits per heavy atom. The van der Waals surface area contributed by atoms with Gasteiger partial charge in [0.1, 0.15) is 0 Å². The quantitative estimate of drug-likeness (QED) is 0.142. The number of para-hydroxylation sites is 4. The fourth-order valence-electron chi connectivity index (χ4n) is 9.66. The van der Waals surface area contributed by atoms with E-state index in [0.717, 1.165) is 22.7 Å². The molecule has 0 aromatic heterocycles. The summed E-state index contributed by atoms with van der Waals surface area (Å²) in [7, 11) is 0.984. The third-order valence-corrected chi connectivity index (χ3v) is 16.0. The van der Waals surface area contributed by atoms with Crippen molar-refractivity contribution in [1.82, 2.24) is 0 Å². The summed E-state index contributed by atoms with van der Waals surface area (Å²) >= 11 is 0. The van der Waals surface area contributed by atoms with E-state index in [1.807, 2.05) is 0 Å². The predicted octanol–water partition coefficient (Wildman–Crippen LogP) is 13.4. The first kappa shape index (κ1) is 34.9. The molecule has 2 nitrogen and oxygen atoms in total. The highest BCUT2D eigenvalue weighted by atomic mass is 31.1. The summed E-state index contributed by atoms with van der Waals surface area (Å²) < 4.78 is 0. The van der Waals surface area contributed by atoms with Gasteiger partial charge in [0.25, 0.3) is 0 Å². The summed E-state index contributed by atoms with van der Waals surface area (Å²) in [5.74, 6) is 0. The number of hydrogen-bond acceptors (Lipinski definition) is 2. The van der Waals surface area contributed by atoms with Crippen LogP contribution >= 0.6 is 17.2 Å². The van der Waals surface area contributed by atoms with E-state index in [1.54, 1.807) is 0 Å². The molecular formula is C54H40N2P2. The number of hydrogen-bond donors (Lipinski definition) is 0. The molecule has 0 saturated heterocycles. The largest absolute Gasteiger partial charge is 0.311 e. The van der Waals surface area contributed by atoms with Crippen molar-refractivity contribution in [3.05, 3.63) is 253 Å². The molecule has 2 aliphatic heterocycles. The molecule has 4 unspecified atom stereocenters. The topological polar surface area (TPSA) is 6.48 Å². The molecule has 2 heterocycles. The Hall–Kier alpha value is -6.30. The summed E-state index contributed by atoms with van der Waals surface area (Å²) in [6.07, 6.45) is 5.24. The van der Waals surface area contributed by atoms with Crippen LogP contribution in [0.3, 0.4) is 0 Å². The van der Waals surface area contributed by atoms with Crippen molar-refractivity contribution in [2.75, 3.05) is 9.80 Å². The van der Waals surface area contributed by atoms with Crippen molar-refractivity contribution in [2.24, 2.45) is 0 Å². The number of anilines is 5. The third kappa shape index (κ3) is 5.40. The van der Waals surface area contributed by atoms with Gasteiger partial charge in [-0.2, -0.15) is 0 Å². The van der Waals surface area contributed by atoms with Crippen LogP contribution < -0.4 is 20.4 Å². The van der Waals surface area contributed by atoms with E-state index in [1.165, 1.54) is 55.4 Å². The van der Waals surface area contributed by atoms with E-state index < -0.39 is 5.16 Å². The molecule has 0 spiro atoms. The Morgan fingerprint density at radius 2 is 0.810 bits per heavy atom. The van der Waals surface area contributed by atoms with Gasteiger partial charge in [-0.05, 0) is 105 Å². The Balaban J connectivity index is 1.27. The van der Waals surface area contributed by atoms with Crippen molar-refractivity contribution in [2.45, 2.75) is 10.3 Å². The van der Waals surface area contributed by atoms with Crippen LogP contribution in [-0.4, -0.2) is 0 Å². The summed E-state index contributed by atoms with van der Waals surface area (Å²) in [6.45, 7) is 0. The van der Waals surface area contributed by atoms with Crippen LogP contribution in [-0.2, 0) is 10.3 Å². The van der Waals surface area contributed by atoms with Crippen LogP contribution in [0.1, 0.15) is 16.7 Å². The van der Waals surface area contributed by atoms with E-state index in [0.29, 0.717) is 17.2 Å². The minimum Gasteiger partial charge on any atom is -0.311 e. The molecule has 4 heteroatoms. The van der Waals surface area contributed by atoms with Crippen LogP contribution in [0.15, 0.2) is 236 Å². The molecule has 0 N–H and O–H groups in total. The maximum atomic E-state index is 2.70. The molecule has 8 aromatic carbocycles. The Morgan fingerprint density at radius 1 is 0.362 bits per heavy atom. The zero-order valence-corrected chi connectivity index (χ0v) is 33.8. The lowest BCUT2D eigenvalue weighted by Gasteiger charge is -2.47. The van der Waals surface area contributed by atoms with Gasteiger partial charge in [0.15, 0.2) is 0 Å². The highest BCUT2D eigenvalue weighted by Gasteiger charge is 2.67. The first-order valence-corrected chi connectivity index (χ1v) is 21.9. The molecule has 8 aromatic rings. The first-order chi connectivity index (χ1) is 28.7. The summed E-state index contributed by atoms with van der Waals surface area (Å²) in [5, 5.41) is 2.10. The Labute approximate surface area is 344 Å². The molecule has 1 aliphatic carbocycles. The van der Waals surface area contributed by atoms with Gasteiger partial charge in [-0.1, -0.05) is 181 Å². The molecule has 11 rings (SSSR count). The van der Waals surface area contributed by atoms with Gasteiger partial charge in [0.05, 0.1) is 16.0 Å². The standard InChI is InChI=1S/C54H40N2P2/c1-7-21-39(22-8-1)46-33-19-35-49-51(46)53-38-45(55(41-25-11-3-12-26-41)42-27-13-4-14-28-42)37-47(40-23-9-2-10-24-40)54(53,58-49)52-48(34-20-36-50(52)57-53)56(43-29-15-5-16-30-43)44-31-17-6-18-32-44/h1-38,57-58H. The van der Waals surface area contributed by atoms with E-state index in [-0.39, 0.29) is 5.16 Å². The highest BCUT2D eigenvalue weighted by molar-refractivity contribution is 7.57. The van der Waals surface area contributed by atoms with E-state index >= 15 is 0 Å². The van der Waals surface area contributed by atoms with Crippen LogP contribution in [0.5, 0.6) is 0 Å². The van der Waals surface area contributed by atoms with Gasteiger partial charge in [0, 0.05) is 34.0 Å². The van der Waals surface area contributed by atoms with Crippen molar-refractivity contribution >= 4 is 61.8 Å². The van der Waals surface area contributed by atoms with Crippen LogP contribution in [0.2, 0.25) is 0 Å². The third-order valence-electron chi connectivity index (χ3n) is 11.9. The molecule has 4 atom stereocenters. The van der Waals surface area contributed by atoms with Crippen LogP contribution in [0.4, 0.5) is 28.4 Å². The first-order valence-electron chi connectivity index (χ1n) is 19.9. The second kappa shape index (κ2) is 14.3. The molecule has 0 amide bonds. The van der Waals surface area contributed by atoms with Gasteiger partial charge in [0.2, 0.25) is 0 Å². The van der Waals surface area contributed by atoms with Gasteiger partial charge in [-0.25, -0.2) is 0 Å². The number of fused-ring (bicyclic) bond motifs is 2. The molecule has 276 valence electrons. The highest BCUT2D eigenvalue weighted by Crippen LogP contribution is 2.79. The molecule has 0 bridgehead atoms. The predicted molar refractivity (Wildman–Crippen MR) is 250 cm³/mol. The number of rotatable bonds is 8. The number of nitrogens with zero attached hydrogens (tertiary/aromatic N) is 2. The molecular weight excluding hydrogens is 739 g/mol. The van der Waals surface area contributed by atoms with Crippen molar-refractivity contribution in [3.8, 4) is 11.1 Å². The second-order valence-corrected chi connectivity index (χ2v) is 18.2. The Kier molecular flexibility index (Phi) is 8.59. The van der Waals surface area contributed by atoms with Gasteiger partial charge in [-0.15, -0.1) is 0 Å². The molecule has 0 radical (unpaired) electrons. The van der Waals surface area contributed by atoms with Crippen molar-refractivity contribution in [1.29, 1.82) is 0 Å². The maximum absolute atomic E-state index is 2.70. The molecule has 0 fully saturated rings. The van der Waals surface area contributed by atoms with E-state index in [4.69, 9.17) is 0 Å².